The van der Waals surface area contributed by atoms with Crippen LogP contribution in [0.4, 0.5) is 4.79 Å². The molecule has 1 saturated heterocycles. The highest BCUT2D eigenvalue weighted by Gasteiger charge is 2.34. The maximum atomic E-state index is 11.8. The Balaban J connectivity index is 1.79. The highest BCUT2D eigenvalue weighted by molar-refractivity contribution is 5.83. The number of amides is 1. The second-order valence-corrected chi connectivity index (χ2v) is 6.08. The minimum absolute atomic E-state index is 0.0455. The summed E-state index contributed by atoms with van der Waals surface area (Å²) in [7, 11) is 1.27. The first-order valence-corrected chi connectivity index (χ1v) is 6.79. The van der Waals surface area contributed by atoms with Gasteiger partial charge in [0.25, 0.3) is 0 Å². The van der Waals surface area contributed by atoms with Gasteiger partial charge in [0.1, 0.15) is 11.4 Å². The first-order chi connectivity index (χ1) is 9.78. The standard InChI is InChI=1S/C14H20N2O5/c1-14(2,3)21-13(18)16-7-9(8-16)5-10-6-15-11(20-10)12(17)19-4/h6,9H,5,7-8H2,1-4H3. The minimum atomic E-state index is -0.592. The van der Waals surface area contributed by atoms with Crippen molar-refractivity contribution >= 4 is 12.1 Å². The fraction of sp³-hybridized carbons (Fsp3) is 0.643. The third-order valence-corrected chi connectivity index (χ3v) is 3.01. The summed E-state index contributed by atoms with van der Waals surface area (Å²) in [6.45, 7) is 6.74. The molecule has 7 heteroatoms. The van der Waals surface area contributed by atoms with Crippen LogP contribution in [-0.2, 0) is 15.9 Å². The number of hydrogen-bond acceptors (Lipinski definition) is 6. The number of esters is 1. The fourth-order valence-electron chi connectivity index (χ4n) is 2.04. The lowest BCUT2D eigenvalue weighted by atomic mass is 9.96. The van der Waals surface area contributed by atoms with E-state index in [4.69, 9.17) is 9.15 Å². The fourth-order valence-corrected chi connectivity index (χ4v) is 2.04. The number of aromatic nitrogens is 1. The summed E-state index contributed by atoms with van der Waals surface area (Å²) in [4.78, 5) is 28.5. The molecule has 1 fully saturated rings. The predicted octanol–water partition coefficient (Wildman–Crippen LogP) is 1.87. The molecule has 0 atom stereocenters. The Bertz CT molecular complexity index is 526. The molecule has 2 rings (SSSR count). The first-order valence-electron chi connectivity index (χ1n) is 6.79. The molecule has 7 nitrogen and oxygen atoms in total. The van der Waals surface area contributed by atoms with E-state index in [0.29, 0.717) is 25.3 Å². The average Bonchev–Trinajstić information content (AvgIpc) is 2.78. The zero-order valence-corrected chi connectivity index (χ0v) is 12.7. The van der Waals surface area contributed by atoms with Gasteiger partial charge in [0, 0.05) is 25.4 Å². The van der Waals surface area contributed by atoms with E-state index >= 15 is 0 Å². The van der Waals surface area contributed by atoms with E-state index in [2.05, 4.69) is 9.72 Å². The van der Waals surface area contributed by atoms with Gasteiger partial charge in [-0.15, -0.1) is 0 Å². The summed E-state index contributed by atoms with van der Waals surface area (Å²) in [6.07, 6.45) is 1.85. The van der Waals surface area contributed by atoms with Gasteiger partial charge in [-0.05, 0) is 20.8 Å². The van der Waals surface area contributed by atoms with Crippen LogP contribution in [0.2, 0.25) is 0 Å². The molecule has 1 amide bonds. The van der Waals surface area contributed by atoms with Crippen molar-refractivity contribution in [2.45, 2.75) is 32.8 Å². The van der Waals surface area contributed by atoms with Gasteiger partial charge in [0.2, 0.25) is 0 Å². The largest absolute Gasteiger partial charge is 0.462 e. The first kappa shape index (κ1) is 15.3. The lowest BCUT2D eigenvalue weighted by molar-refractivity contribution is -0.00155. The third kappa shape index (κ3) is 3.96. The topological polar surface area (TPSA) is 81.9 Å². The second-order valence-electron chi connectivity index (χ2n) is 6.08. The minimum Gasteiger partial charge on any atom is -0.462 e. The molecule has 0 bridgehead atoms. The van der Waals surface area contributed by atoms with Gasteiger partial charge >= 0.3 is 18.0 Å². The number of hydrogen-bond donors (Lipinski definition) is 0. The molecule has 0 aromatic carbocycles. The Morgan fingerprint density at radius 3 is 2.67 bits per heavy atom. The van der Waals surface area contributed by atoms with Crippen molar-refractivity contribution in [1.82, 2.24) is 9.88 Å². The van der Waals surface area contributed by atoms with E-state index in [1.54, 1.807) is 4.90 Å². The molecule has 0 N–H and O–H groups in total. The van der Waals surface area contributed by atoms with Crippen molar-refractivity contribution in [1.29, 1.82) is 0 Å². The van der Waals surface area contributed by atoms with Crippen LogP contribution in [0, 0.1) is 5.92 Å². The zero-order chi connectivity index (χ0) is 15.6. The van der Waals surface area contributed by atoms with Crippen molar-refractivity contribution in [2.75, 3.05) is 20.2 Å². The molecule has 116 valence electrons. The molecule has 1 aromatic heterocycles. The van der Waals surface area contributed by atoms with Gasteiger partial charge < -0.3 is 18.8 Å². The smallest absolute Gasteiger partial charge is 0.410 e. The maximum Gasteiger partial charge on any atom is 0.410 e. The Kier molecular flexibility index (Phi) is 4.20. The van der Waals surface area contributed by atoms with Gasteiger partial charge in [-0.25, -0.2) is 14.6 Å². The quantitative estimate of drug-likeness (QED) is 0.792. The van der Waals surface area contributed by atoms with Gasteiger partial charge in [-0.2, -0.15) is 0 Å². The van der Waals surface area contributed by atoms with Gasteiger partial charge in [-0.1, -0.05) is 0 Å². The van der Waals surface area contributed by atoms with Crippen molar-refractivity contribution in [3.63, 3.8) is 0 Å². The van der Waals surface area contributed by atoms with Crippen LogP contribution < -0.4 is 0 Å². The Hall–Kier alpha value is -2.05. The van der Waals surface area contributed by atoms with Crippen LogP contribution in [-0.4, -0.2) is 47.7 Å². The zero-order valence-electron chi connectivity index (χ0n) is 12.7. The van der Waals surface area contributed by atoms with Crippen molar-refractivity contribution in [2.24, 2.45) is 5.92 Å². The van der Waals surface area contributed by atoms with E-state index < -0.39 is 11.6 Å². The molecule has 0 unspecified atom stereocenters. The highest BCUT2D eigenvalue weighted by atomic mass is 16.6. The SMILES string of the molecule is COC(=O)c1ncc(CC2CN(C(=O)OC(C)(C)C)C2)o1. The monoisotopic (exact) mass is 296 g/mol. The Labute approximate surface area is 123 Å². The number of carbonyl (C=O) groups is 2. The Morgan fingerprint density at radius 1 is 1.43 bits per heavy atom. The van der Waals surface area contributed by atoms with Gasteiger partial charge in [0.15, 0.2) is 0 Å². The molecule has 21 heavy (non-hydrogen) atoms. The van der Waals surface area contributed by atoms with Crippen LogP contribution in [0.25, 0.3) is 0 Å². The molecular formula is C14H20N2O5. The third-order valence-electron chi connectivity index (χ3n) is 3.01. The van der Waals surface area contributed by atoms with Crippen LogP contribution >= 0.6 is 0 Å². The van der Waals surface area contributed by atoms with E-state index in [9.17, 15) is 9.59 Å². The van der Waals surface area contributed by atoms with Crippen molar-refractivity contribution in [3.05, 3.63) is 17.8 Å². The van der Waals surface area contributed by atoms with E-state index in [0.717, 1.165) is 0 Å². The number of likely N-dealkylation sites (tertiary alicyclic amines) is 1. The van der Waals surface area contributed by atoms with Crippen molar-refractivity contribution < 1.29 is 23.5 Å². The molecule has 0 radical (unpaired) electrons. The highest BCUT2D eigenvalue weighted by Crippen LogP contribution is 2.23. The van der Waals surface area contributed by atoms with E-state index in [1.165, 1.54) is 13.3 Å². The molecule has 0 spiro atoms. The van der Waals surface area contributed by atoms with Gasteiger partial charge in [0.05, 0.1) is 13.3 Å². The molecule has 1 aliphatic rings. The summed E-state index contributed by atoms with van der Waals surface area (Å²) < 4.78 is 15.1. The number of carbonyl (C=O) groups excluding carboxylic acids is 2. The number of rotatable bonds is 3. The summed E-state index contributed by atoms with van der Waals surface area (Å²) in [6, 6.07) is 0. The van der Waals surface area contributed by atoms with Crippen LogP contribution in [0.1, 0.15) is 37.2 Å². The molecular weight excluding hydrogens is 276 g/mol. The van der Waals surface area contributed by atoms with E-state index in [1.807, 2.05) is 20.8 Å². The summed E-state index contributed by atoms with van der Waals surface area (Å²) in [5.74, 6) is 0.265. The lowest BCUT2D eigenvalue weighted by Crippen LogP contribution is -2.52. The predicted molar refractivity (Wildman–Crippen MR) is 72.8 cm³/mol. The summed E-state index contributed by atoms with van der Waals surface area (Å²) >= 11 is 0. The molecule has 1 aliphatic heterocycles. The number of nitrogens with zero attached hydrogens (tertiary/aromatic N) is 2. The molecule has 0 aliphatic carbocycles. The Morgan fingerprint density at radius 2 is 2.10 bits per heavy atom. The number of methoxy groups -OCH3 is 1. The molecule has 2 heterocycles. The number of oxazole rings is 1. The lowest BCUT2D eigenvalue weighted by Gasteiger charge is -2.39. The van der Waals surface area contributed by atoms with Gasteiger partial charge in [-0.3, -0.25) is 0 Å². The van der Waals surface area contributed by atoms with E-state index in [-0.39, 0.29) is 17.9 Å². The average molecular weight is 296 g/mol. The number of ether oxygens (including phenoxy) is 2. The van der Waals surface area contributed by atoms with Crippen LogP contribution in [0.3, 0.4) is 0 Å². The molecule has 1 aromatic rings. The van der Waals surface area contributed by atoms with Crippen molar-refractivity contribution in [3.8, 4) is 0 Å². The normalized spacial score (nSPS) is 15.5. The summed E-state index contributed by atoms with van der Waals surface area (Å²) in [5, 5.41) is 0. The van der Waals surface area contributed by atoms with Crippen LogP contribution in [0.5, 0.6) is 0 Å². The summed E-state index contributed by atoms with van der Waals surface area (Å²) in [5.41, 5.74) is -0.484. The van der Waals surface area contributed by atoms with Crippen LogP contribution in [0.15, 0.2) is 10.6 Å². The molecule has 0 saturated carbocycles. The maximum absolute atomic E-state index is 11.8. The second kappa shape index (κ2) is 5.75.